The smallest absolute Gasteiger partial charge is 0.339 e. The van der Waals surface area contributed by atoms with Crippen molar-refractivity contribution in [3.63, 3.8) is 0 Å². The normalized spacial score (nSPS) is 11.8. The molecule has 0 bridgehead atoms. The van der Waals surface area contributed by atoms with Gasteiger partial charge in [0, 0.05) is 6.04 Å². The molecule has 0 heterocycles. The first kappa shape index (κ1) is 19.3. The molecule has 0 radical (unpaired) electrons. The van der Waals surface area contributed by atoms with Gasteiger partial charge in [0.05, 0.1) is 23.8 Å². The number of hydrogen-bond donors (Lipinski definition) is 1. The predicted octanol–water partition coefficient (Wildman–Crippen LogP) is 2.93. The Bertz CT molecular complexity index is 574. The summed E-state index contributed by atoms with van der Waals surface area (Å²) >= 11 is 3.33. The second-order valence-electron chi connectivity index (χ2n) is 5.13. The number of carbonyl (C=O) groups excluding carboxylic acids is 2. The molecule has 0 unspecified atom stereocenters. The predicted molar refractivity (Wildman–Crippen MR) is 90.0 cm³/mol. The van der Waals surface area contributed by atoms with Crippen LogP contribution in [0.1, 0.15) is 38.1 Å². The molecule has 0 fully saturated rings. The van der Waals surface area contributed by atoms with Crippen LogP contribution in [0.15, 0.2) is 16.6 Å². The Balaban J connectivity index is 2.93. The second kappa shape index (κ2) is 8.76. The van der Waals surface area contributed by atoms with Crippen LogP contribution in [0.4, 0.5) is 0 Å². The van der Waals surface area contributed by atoms with Gasteiger partial charge >= 0.3 is 5.97 Å². The van der Waals surface area contributed by atoms with E-state index in [-0.39, 0.29) is 17.5 Å². The molecule has 0 saturated carbocycles. The molecule has 6 nitrogen and oxygen atoms in total. The molecule has 0 aliphatic rings. The number of rotatable bonds is 7. The van der Waals surface area contributed by atoms with Crippen LogP contribution in [0.25, 0.3) is 0 Å². The molecule has 1 atom stereocenters. The Kier molecular flexibility index (Phi) is 7.35. The molecule has 0 aliphatic carbocycles. The minimum absolute atomic E-state index is 0.0247. The Morgan fingerprint density at radius 1 is 1.26 bits per heavy atom. The maximum atomic E-state index is 12.2. The van der Waals surface area contributed by atoms with Gasteiger partial charge in [0.15, 0.2) is 17.6 Å². The van der Waals surface area contributed by atoms with Crippen molar-refractivity contribution in [1.82, 2.24) is 5.32 Å². The van der Waals surface area contributed by atoms with E-state index < -0.39 is 12.1 Å². The lowest BCUT2D eigenvalue weighted by Crippen LogP contribution is -2.39. The molecule has 0 aliphatic heterocycles. The molecular weight excluding hydrogens is 366 g/mol. The zero-order valence-corrected chi connectivity index (χ0v) is 15.5. The summed E-state index contributed by atoms with van der Waals surface area (Å²) in [4.78, 5) is 24.0. The first-order chi connectivity index (χ1) is 10.8. The minimum atomic E-state index is -0.888. The Hall–Kier alpha value is -1.76. The number of ether oxygens (including phenoxy) is 3. The highest BCUT2D eigenvalue weighted by Gasteiger charge is 2.21. The first-order valence-corrected chi connectivity index (χ1v) is 8.11. The van der Waals surface area contributed by atoms with E-state index in [0.717, 1.165) is 0 Å². The van der Waals surface area contributed by atoms with Crippen LogP contribution in [0.5, 0.6) is 11.5 Å². The third kappa shape index (κ3) is 5.42. The molecule has 1 rings (SSSR count). The lowest BCUT2D eigenvalue weighted by Gasteiger charge is -2.16. The van der Waals surface area contributed by atoms with Crippen molar-refractivity contribution in [3.8, 4) is 11.5 Å². The van der Waals surface area contributed by atoms with Gasteiger partial charge in [-0.25, -0.2) is 4.79 Å². The fourth-order valence-corrected chi connectivity index (χ4v) is 2.43. The van der Waals surface area contributed by atoms with Gasteiger partial charge < -0.3 is 19.5 Å². The topological polar surface area (TPSA) is 73.9 Å². The number of benzene rings is 1. The number of halogens is 1. The average molecular weight is 388 g/mol. The van der Waals surface area contributed by atoms with Crippen molar-refractivity contribution in [2.24, 2.45) is 0 Å². The maximum absolute atomic E-state index is 12.2. The summed E-state index contributed by atoms with van der Waals surface area (Å²) in [6.45, 7) is 7.45. The first-order valence-electron chi connectivity index (χ1n) is 7.31. The lowest BCUT2D eigenvalue weighted by atomic mass is 10.2. The van der Waals surface area contributed by atoms with Crippen molar-refractivity contribution in [1.29, 1.82) is 0 Å². The van der Waals surface area contributed by atoms with Crippen LogP contribution in [-0.4, -0.2) is 37.7 Å². The second-order valence-corrected chi connectivity index (χ2v) is 5.99. The Morgan fingerprint density at radius 2 is 1.91 bits per heavy atom. The summed E-state index contributed by atoms with van der Waals surface area (Å²) in [5.74, 6) is -0.0312. The molecule has 128 valence electrons. The van der Waals surface area contributed by atoms with E-state index in [2.05, 4.69) is 21.2 Å². The third-order valence-corrected chi connectivity index (χ3v) is 3.42. The fraction of sp³-hybridized carbons (Fsp3) is 0.500. The van der Waals surface area contributed by atoms with E-state index in [4.69, 9.17) is 14.2 Å². The van der Waals surface area contributed by atoms with Gasteiger partial charge in [-0.2, -0.15) is 0 Å². The van der Waals surface area contributed by atoms with Gasteiger partial charge in [0.25, 0.3) is 5.91 Å². The number of carbonyl (C=O) groups is 2. The SMILES string of the molecule is CCOc1cc(C(=O)O[C@@H](C)C(=O)NC(C)C)cc(Br)c1OC. The molecular formula is C16H22BrNO5. The molecule has 1 amide bonds. The summed E-state index contributed by atoms with van der Waals surface area (Å²) in [7, 11) is 1.51. The molecule has 0 spiro atoms. The summed E-state index contributed by atoms with van der Waals surface area (Å²) < 4.78 is 16.5. The quantitative estimate of drug-likeness (QED) is 0.728. The van der Waals surface area contributed by atoms with Gasteiger partial charge in [-0.15, -0.1) is 0 Å². The third-order valence-electron chi connectivity index (χ3n) is 2.83. The zero-order valence-electron chi connectivity index (χ0n) is 13.9. The van der Waals surface area contributed by atoms with Crippen molar-refractivity contribution in [2.75, 3.05) is 13.7 Å². The van der Waals surface area contributed by atoms with Crippen molar-refractivity contribution >= 4 is 27.8 Å². The molecule has 1 N–H and O–H groups in total. The maximum Gasteiger partial charge on any atom is 0.339 e. The highest BCUT2D eigenvalue weighted by molar-refractivity contribution is 9.10. The van der Waals surface area contributed by atoms with E-state index in [1.807, 2.05) is 20.8 Å². The van der Waals surface area contributed by atoms with E-state index in [1.54, 1.807) is 6.07 Å². The zero-order chi connectivity index (χ0) is 17.6. The monoisotopic (exact) mass is 387 g/mol. The van der Waals surface area contributed by atoms with Gasteiger partial charge in [-0.05, 0) is 55.8 Å². The van der Waals surface area contributed by atoms with Gasteiger partial charge in [-0.3, -0.25) is 4.79 Å². The molecule has 1 aromatic carbocycles. The van der Waals surface area contributed by atoms with Crippen LogP contribution < -0.4 is 14.8 Å². The standard InChI is InChI=1S/C16H22BrNO5/c1-6-22-13-8-11(7-12(17)14(13)21-5)16(20)23-10(4)15(19)18-9(2)3/h7-10H,6H2,1-5H3,(H,18,19)/t10-/m0/s1. The summed E-state index contributed by atoms with van der Waals surface area (Å²) in [5, 5.41) is 2.69. The van der Waals surface area contributed by atoms with E-state index >= 15 is 0 Å². The van der Waals surface area contributed by atoms with E-state index in [9.17, 15) is 9.59 Å². The fourth-order valence-electron chi connectivity index (χ4n) is 1.83. The van der Waals surface area contributed by atoms with Crippen LogP contribution in [0, 0.1) is 0 Å². The summed E-state index contributed by atoms with van der Waals surface area (Å²) in [6.07, 6.45) is -0.888. The van der Waals surface area contributed by atoms with Crippen molar-refractivity contribution in [3.05, 3.63) is 22.2 Å². The number of nitrogens with one attached hydrogen (secondary N) is 1. The van der Waals surface area contributed by atoms with E-state index in [0.29, 0.717) is 22.6 Å². The average Bonchev–Trinajstić information content (AvgIpc) is 2.46. The van der Waals surface area contributed by atoms with Gasteiger partial charge in [-0.1, -0.05) is 0 Å². The number of amides is 1. The number of hydrogen-bond acceptors (Lipinski definition) is 5. The van der Waals surface area contributed by atoms with Gasteiger partial charge in [0.1, 0.15) is 0 Å². The van der Waals surface area contributed by atoms with Crippen LogP contribution >= 0.6 is 15.9 Å². The summed E-state index contributed by atoms with van der Waals surface area (Å²) in [6, 6.07) is 3.07. The lowest BCUT2D eigenvalue weighted by molar-refractivity contribution is -0.129. The Labute approximate surface area is 144 Å². The molecule has 0 saturated heterocycles. The van der Waals surface area contributed by atoms with Crippen LogP contribution in [0.3, 0.4) is 0 Å². The van der Waals surface area contributed by atoms with Crippen LogP contribution in [-0.2, 0) is 9.53 Å². The van der Waals surface area contributed by atoms with Crippen molar-refractivity contribution in [2.45, 2.75) is 39.8 Å². The largest absolute Gasteiger partial charge is 0.492 e. The highest BCUT2D eigenvalue weighted by Crippen LogP contribution is 2.36. The molecule has 0 aromatic heterocycles. The van der Waals surface area contributed by atoms with Crippen molar-refractivity contribution < 1.29 is 23.8 Å². The van der Waals surface area contributed by atoms with Gasteiger partial charge in [0.2, 0.25) is 0 Å². The minimum Gasteiger partial charge on any atom is -0.492 e. The summed E-state index contributed by atoms with van der Waals surface area (Å²) in [5.41, 5.74) is 0.269. The van der Waals surface area contributed by atoms with E-state index in [1.165, 1.54) is 20.1 Å². The number of esters is 1. The highest BCUT2D eigenvalue weighted by atomic mass is 79.9. The molecule has 1 aromatic rings. The molecule has 23 heavy (non-hydrogen) atoms. The number of methoxy groups -OCH3 is 1. The molecule has 7 heteroatoms. The van der Waals surface area contributed by atoms with Crippen LogP contribution in [0.2, 0.25) is 0 Å². The Morgan fingerprint density at radius 3 is 2.43 bits per heavy atom.